The lowest BCUT2D eigenvalue weighted by molar-refractivity contribution is -0.145. The first-order valence-electron chi connectivity index (χ1n) is 8.44. The Morgan fingerprint density at radius 1 is 0.846 bits per heavy atom. The van der Waals surface area contributed by atoms with Crippen molar-refractivity contribution in [3.63, 3.8) is 0 Å². The Morgan fingerprint density at radius 3 is 2.19 bits per heavy atom. The summed E-state index contributed by atoms with van der Waals surface area (Å²) >= 11 is 0. The van der Waals surface area contributed by atoms with E-state index >= 15 is 0 Å². The zero-order valence-electron chi connectivity index (χ0n) is 14.4. The summed E-state index contributed by atoms with van der Waals surface area (Å²) in [5.74, 6) is -0.911. The largest absolute Gasteiger partial charge is 0.460 e. The number of benzene rings is 2. The molecule has 2 aromatic rings. The molecule has 0 bridgehead atoms. The molecule has 2 amide bonds. The van der Waals surface area contributed by atoms with Crippen LogP contribution in [0.15, 0.2) is 60.7 Å². The van der Waals surface area contributed by atoms with E-state index in [0.29, 0.717) is 18.5 Å². The number of amides is 2. The van der Waals surface area contributed by atoms with E-state index in [0.717, 1.165) is 5.56 Å². The molecule has 0 fully saturated rings. The molecule has 0 aliphatic rings. The van der Waals surface area contributed by atoms with E-state index in [1.54, 1.807) is 24.3 Å². The number of hydrogen-bond acceptors (Lipinski definition) is 4. The molecule has 136 valence electrons. The molecular weight excluding hydrogens is 332 g/mol. The van der Waals surface area contributed by atoms with Crippen molar-refractivity contribution in [3.05, 3.63) is 71.8 Å². The Hall–Kier alpha value is -3.15. The molecule has 0 unspecified atom stereocenters. The molecule has 0 aliphatic heterocycles. The van der Waals surface area contributed by atoms with E-state index in [1.807, 2.05) is 36.4 Å². The van der Waals surface area contributed by atoms with Crippen LogP contribution in [0, 0.1) is 0 Å². The van der Waals surface area contributed by atoms with Gasteiger partial charge in [0.05, 0.1) is 0 Å². The molecule has 2 rings (SSSR count). The lowest BCUT2D eigenvalue weighted by atomic mass is 10.2. The average molecular weight is 354 g/mol. The first-order valence-corrected chi connectivity index (χ1v) is 8.44. The van der Waals surface area contributed by atoms with Crippen LogP contribution >= 0.6 is 0 Å². The highest BCUT2D eigenvalue weighted by Crippen LogP contribution is 2.00. The number of carbonyl (C=O) groups is 3. The maximum absolute atomic E-state index is 11.8. The highest BCUT2D eigenvalue weighted by molar-refractivity contribution is 5.94. The third-order valence-electron chi connectivity index (χ3n) is 3.57. The van der Waals surface area contributed by atoms with Crippen LogP contribution in [-0.2, 0) is 20.9 Å². The molecule has 6 heteroatoms. The molecule has 0 saturated carbocycles. The fourth-order valence-corrected chi connectivity index (χ4v) is 2.19. The smallest absolute Gasteiger partial charge is 0.325 e. The van der Waals surface area contributed by atoms with Crippen LogP contribution in [0.4, 0.5) is 0 Å². The van der Waals surface area contributed by atoms with Crippen LogP contribution in [0.2, 0.25) is 0 Å². The van der Waals surface area contributed by atoms with Gasteiger partial charge in [0.2, 0.25) is 5.91 Å². The number of esters is 1. The van der Waals surface area contributed by atoms with Gasteiger partial charge in [0.1, 0.15) is 13.2 Å². The summed E-state index contributed by atoms with van der Waals surface area (Å²) in [4.78, 5) is 35.1. The zero-order chi connectivity index (χ0) is 18.6. The van der Waals surface area contributed by atoms with Crippen LogP contribution < -0.4 is 10.6 Å². The number of rotatable bonds is 9. The van der Waals surface area contributed by atoms with Gasteiger partial charge in [-0.15, -0.1) is 0 Å². The van der Waals surface area contributed by atoms with Crippen molar-refractivity contribution in [2.75, 3.05) is 13.1 Å². The minimum absolute atomic E-state index is 0.165. The molecule has 0 radical (unpaired) electrons. The summed E-state index contributed by atoms with van der Waals surface area (Å²) in [7, 11) is 0. The Kier molecular flexibility index (Phi) is 7.86. The lowest BCUT2D eigenvalue weighted by Gasteiger charge is -2.07. The van der Waals surface area contributed by atoms with Crippen LogP contribution in [0.1, 0.15) is 28.8 Å². The van der Waals surface area contributed by atoms with Gasteiger partial charge >= 0.3 is 5.97 Å². The molecule has 6 nitrogen and oxygen atoms in total. The minimum atomic E-state index is -0.486. The molecule has 2 aromatic carbocycles. The van der Waals surface area contributed by atoms with Gasteiger partial charge in [0, 0.05) is 18.5 Å². The van der Waals surface area contributed by atoms with Crippen molar-refractivity contribution in [1.82, 2.24) is 10.6 Å². The standard InChI is InChI=1S/C20H22N2O4/c23-18(12-7-13-21-20(25)17-10-5-2-6-11-17)22-14-19(24)26-15-16-8-3-1-4-9-16/h1-6,8-11H,7,12-15H2,(H,21,25)(H,22,23). The van der Waals surface area contributed by atoms with E-state index in [1.165, 1.54) is 0 Å². The van der Waals surface area contributed by atoms with Crippen molar-refractivity contribution in [2.24, 2.45) is 0 Å². The van der Waals surface area contributed by atoms with E-state index < -0.39 is 5.97 Å². The molecule has 0 atom stereocenters. The molecule has 26 heavy (non-hydrogen) atoms. The van der Waals surface area contributed by atoms with E-state index in [9.17, 15) is 14.4 Å². The van der Waals surface area contributed by atoms with Crippen LogP contribution in [0.3, 0.4) is 0 Å². The number of nitrogens with one attached hydrogen (secondary N) is 2. The lowest BCUT2D eigenvalue weighted by Crippen LogP contribution is -2.31. The molecule has 0 saturated heterocycles. The van der Waals surface area contributed by atoms with Gasteiger partial charge in [0.25, 0.3) is 5.91 Å². The third kappa shape index (κ3) is 7.17. The number of hydrogen-bond donors (Lipinski definition) is 2. The maximum Gasteiger partial charge on any atom is 0.325 e. The average Bonchev–Trinajstić information content (AvgIpc) is 2.69. The molecule has 0 heterocycles. The van der Waals surface area contributed by atoms with Gasteiger partial charge in [-0.2, -0.15) is 0 Å². The Balaban J connectivity index is 1.54. The fourth-order valence-electron chi connectivity index (χ4n) is 2.19. The highest BCUT2D eigenvalue weighted by Gasteiger charge is 2.08. The summed E-state index contributed by atoms with van der Waals surface area (Å²) < 4.78 is 5.07. The molecule has 2 N–H and O–H groups in total. The predicted octanol–water partition coefficient (Wildman–Crippen LogP) is 2.06. The van der Waals surface area contributed by atoms with Gasteiger partial charge in [-0.05, 0) is 24.1 Å². The van der Waals surface area contributed by atoms with Crippen LogP contribution in [0.25, 0.3) is 0 Å². The second-order valence-electron chi connectivity index (χ2n) is 5.65. The van der Waals surface area contributed by atoms with Crippen LogP contribution in [-0.4, -0.2) is 30.9 Å². The first kappa shape index (κ1) is 19.2. The highest BCUT2D eigenvalue weighted by atomic mass is 16.5. The van der Waals surface area contributed by atoms with E-state index in [-0.39, 0.29) is 31.4 Å². The van der Waals surface area contributed by atoms with Crippen molar-refractivity contribution in [3.8, 4) is 0 Å². The zero-order valence-corrected chi connectivity index (χ0v) is 14.4. The van der Waals surface area contributed by atoms with Crippen molar-refractivity contribution in [1.29, 1.82) is 0 Å². The summed E-state index contributed by atoms with van der Waals surface area (Å²) in [6.45, 7) is 0.405. The van der Waals surface area contributed by atoms with Gasteiger partial charge < -0.3 is 15.4 Å². The van der Waals surface area contributed by atoms with Crippen molar-refractivity contribution >= 4 is 17.8 Å². The second-order valence-corrected chi connectivity index (χ2v) is 5.65. The van der Waals surface area contributed by atoms with Gasteiger partial charge in [-0.1, -0.05) is 48.5 Å². The summed E-state index contributed by atoms with van der Waals surface area (Å²) in [5.41, 5.74) is 1.47. The molecule has 0 aliphatic carbocycles. The SMILES string of the molecule is O=C(CCCNC(=O)c1ccccc1)NCC(=O)OCc1ccccc1. The van der Waals surface area contributed by atoms with Gasteiger partial charge in [0.15, 0.2) is 0 Å². The molecular formula is C20H22N2O4. The quantitative estimate of drug-likeness (QED) is 0.533. The predicted molar refractivity (Wildman–Crippen MR) is 97.3 cm³/mol. The van der Waals surface area contributed by atoms with E-state index in [4.69, 9.17) is 4.74 Å². The Morgan fingerprint density at radius 2 is 1.50 bits per heavy atom. The van der Waals surface area contributed by atoms with Gasteiger partial charge in [-0.25, -0.2) is 0 Å². The minimum Gasteiger partial charge on any atom is -0.460 e. The topological polar surface area (TPSA) is 84.5 Å². The monoisotopic (exact) mass is 354 g/mol. The third-order valence-corrected chi connectivity index (χ3v) is 3.57. The maximum atomic E-state index is 11.8. The molecule has 0 aromatic heterocycles. The van der Waals surface area contributed by atoms with Crippen molar-refractivity contribution in [2.45, 2.75) is 19.4 Å². The Labute approximate surface area is 152 Å². The summed E-state index contributed by atoms with van der Waals surface area (Å²) in [6.07, 6.45) is 0.713. The van der Waals surface area contributed by atoms with Crippen molar-refractivity contribution < 1.29 is 19.1 Å². The normalized spacial score (nSPS) is 10.0. The summed E-state index contributed by atoms with van der Waals surface area (Å²) in [5, 5.41) is 5.26. The molecule has 0 spiro atoms. The van der Waals surface area contributed by atoms with Crippen LogP contribution in [0.5, 0.6) is 0 Å². The summed E-state index contributed by atoms with van der Waals surface area (Å²) in [6, 6.07) is 18.2. The van der Waals surface area contributed by atoms with Gasteiger partial charge in [-0.3, -0.25) is 14.4 Å². The first-order chi connectivity index (χ1) is 12.6. The fraction of sp³-hybridized carbons (Fsp3) is 0.250. The number of carbonyl (C=O) groups excluding carboxylic acids is 3. The Bertz CT molecular complexity index is 717. The second kappa shape index (κ2) is 10.7. The van der Waals surface area contributed by atoms with E-state index in [2.05, 4.69) is 10.6 Å². The number of ether oxygens (including phenoxy) is 1.